The van der Waals surface area contributed by atoms with E-state index < -0.39 is 0 Å². The molecule has 0 N–H and O–H groups in total. The van der Waals surface area contributed by atoms with Crippen molar-refractivity contribution in [3.05, 3.63) is 42.0 Å². The van der Waals surface area contributed by atoms with Crippen LogP contribution in [-0.2, 0) is 4.79 Å². The predicted molar refractivity (Wildman–Crippen MR) is 65.9 cm³/mol. The lowest BCUT2D eigenvalue weighted by Gasteiger charge is -2.20. The summed E-state index contributed by atoms with van der Waals surface area (Å²) in [7, 11) is 0. The average Bonchev–Trinajstić information content (AvgIpc) is 2.76. The zero-order valence-corrected chi connectivity index (χ0v) is 9.60. The summed E-state index contributed by atoms with van der Waals surface area (Å²) in [5, 5.41) is 0. The molecule has 1 heterocycles. The summed E-state index contributed by atoms with van der Waals surface area (Å²) in [6.45, 7) is 2.55. The Kier molecular flexibility index (Phi) is 3.40. The van der Waals surface area contributed by atoms with Crippen LogP contribution in [0.4, 0.5) is 0 Å². The van der Waals surface area contributed by atoms with Crippen molar-refractivity contribution >= 4 is 12.0 Å². The average molecular weight is 215 g/mol. The second-order valence-corrected chi connectivity index (χ2v) is 4.19. The molecule has 0 spiro atoms. The normalized spacial score (nSPS) is 20.6. The first kappa shape index (κ1) is 10.9. The Morgan fingerprint density at radius 3 is 2.81 bits per heavy atom. The zero-order valence-electron chi connectivity index (χ0n) is 9.60. The van der Waals surface area contributed by atoms with Crippen molar-refractivity contribution in [3.63, 3.8) is 0 Å². The van der Waals surface area contributed by atoms with Gasteiger partial charge >= 0.3 is 0 Å². The smallest absolute Gasteiger partial charge is 0.219 e. The maximum atomic E-state index is 11.4. The molecule has 0 saturated carbocycles. The summed E-state index contributed by atoms with van der Waals surface area (Å²) in [4.78, 5) is 13.3. The highest BCUT2D eigenvalue weighted by atomic mass is 16.2. The summed E-state index contributed by atoms with van der Waals surface area (Å²) in [6.07, 6.45) is 6.45. The second kappa shape index (κ2) is 4.97. The summed E-state index contributed by atoms with van der Waals surface area (Å²) in [5.74, 6) is 0.181. The van der Waals surface area contributed by atoms with Gasteiger partial charge in [0.2, 0.25) is 5.91 Å². The predicted octanol–water partition coefficient (Wildman–Crippen LogP) is 2.71. The van der Waals surface area contributed by atoms with Crippen LogP contribution in [0.25, 0.3) is 6.08 Å². The van der Waals surface area contributed by atoms with E-state index in [0.717, 1.165) is 19.4 Å². The van der Waals surface area contributed by atoms with E-state index in [-0.39, 0.29) is 11.9 Å². The minimum Gasteiger partial charge on any atom is -0.336 e. The third kappa shape index (κ3) is 2.51. The summed E-state index contributed by atoms with van der Waals surface area (Å²) < 4.78 is 0. The van der Waals surface area contributed by atoms with E-state index in [1.807, 2.05) is 23.1 Å². The van der Waals surface area contributed by atoms with Gasteiger partial charge in [-0.1, -0.05) is 42.5 Å². The van der Waals surface area contributed by atoms with Crippen molar-refractivity contribution in [2.75, 3.05) is 6.54 Å². The van der Waals surface area contributed by atoms with Crippen molar-refractivity contribution in [2.45, 2.75) is 25.8 Å². The number of benzene rings is 1. The summed E-state index contributed by atoms with van der Waals surface area (Å²) >= 11 is 0. The molecule has 1 aromatic rings. The largest absolute Gasteiger partial charge is 0.336 e. The monoisotopic (exact) mass is 215 g/mol. The standard InChI is InChI=1S/C14H17NO/c1-12(16)15-11-5-8-14(15)10-9-13-6-3-2-4-7-13/h2-4,6-7,9-10,14H,5,8,11H2,1H3/b10-9-. The van der Waals surface area contributed by atoms with Crippen LogP contribution < -0.4 is 0 Å². The Morgan fingerprint density at radius 1 is 1.38 bits per heavy atom. The quantitative estimate of drug-likeness (QED) is 0.742. The Labute approximate surface area is 96.6 Å². The molecule has 1 unspecified atom stereocenters. The highest BCUT2D eigenvalue weighted by Crippen LogP contribution is 2.19. The molecule has 2 nitrogen and oxygen atoms in total. The maximum absolute atomic E-state index is 11.4. The molecule has 16 heavy (non-hydrogen) atoms. The van der Waals surface area contributed by atoms with Crippen molar-refractivity contribution in [2.24, 2.45) is 0 Å². The van der Waals surface area contributed by atoms with Crippen LogP contribution in [0.1, 0.15) is 25.3 Å². The second-order valence-electron chi connectivity index (χ2n) is 4.19. The number of likely N-dealkylation sites (tertiary alicyclic amines) is 1. The third-order valence-electron chi connectivity index (χ3n) is 3.01. The molecule has 1 aromatic carbocycles. The molecule has 2 rings (SSSR count). The molecular weight excluding hydrogens is 198 g/mol. The molecule has 1 amide bonds. The summed E-state index contributed by atoms with van der Waals surface area (Å²) in [5.41, 5.74) is 1.19. The van der Waals surface area contributed by atoms with Crippen LogP contribution in [0.15, 0.2) is 36.4 Å². The van der Waals surface area contributed by atoms with Crippen molar-refractivity contribution in [1.29, 1.82) is 0 Å². The SMILES string of the molecule is CC(=O)N1CCCC1/C=C\c1ccccc1. The molecule has 2 heteroatoms. The van der Waals surface area contributed by atoms with Gasteiger partial charge in [-0.15, -0.1) is 0 Å². The van der Waals surface area contributed by atoms with Gasteiger partial charge in [-0.2, -0.15) is 0 Å². The number of amides is 1. The summed E-state index contributed by atoms with van der Waals surface area (Å²) in [6, 6.07) is 10.5. The molecule has 0 aliphatic carbocycles. The fourth-order valence-corrected chi connectivity index (χ4v) is 2.17. The minimum atomic E-state index is 0.181. The van der Waals surface area contributed by atoms with Crippen LogP contribution in [0, 0.1) is 0 Å². The number of carbonyl (C=O) groups is 1. The fraction of sp³-hybridized carbons (Fsp3) is 0.357. The Balaban J connectivity index is 2.04. The van der Waals surface area contributed by atoms with Crippen LogP contribution >= 0.6 is 0 Å². The number of hydrogen-bond donors (Lipinski definition) is 0. The van der Waals surface area contributed by atoms with E-state index >= 15 is 0 Å². The van der Waals surface area contributed by atoms with E-state index in [4.69, 9.17) is 0 Å². The topological polar surface area (TPSA) is 20.3 Å². The number of carbonyl (C=O) groups excluding carboxylic acids is 1. The van der Waals surface area contributed by atoms with Crippen LogP contribution in [-0.4, -0.2) is 23.4 Å². The molecule has 0 bridgehead atoms. The van der Waals surface area contributed by atoms with Gasteiger partial charge in [-0.05, 0) is 18.4 Å². The van der Waals surface area contributed by atoms with Gasteiger partial charge in [0.1, 0.15) is 0 Å². The molecule has 1 aliphatic heterocycles. The van der Waals surface area contributed by atoms with Gasteiger partial charge in [0.15, 0.2) is 0 Å². The lowest BCUT2D eigenvalue weighted by molar-refractivity contribution is -0.128. The molecule has 1 atom stereocenters. The first-order valence-electron chi connectivity index (χ1n) is 5.78. The van der Waals surface area contributed by atoms with E-state index in [0.29, 0.717) is 0 Å². The highest BCUT2D eigenvalue weighted by molar-refractivity contribution is 5.74. The minimum absolute atomic E-state index is 0.181. The van der Waals surface area contributed by atoms with E-state index in [1.165, 1.54) is 5.56 Å². The zero-order chi connectivity index (χ0) is 11.4. The first-order valence-corrected chi connectivity index (χ1v) is 5.78. The molecule has 1 aliphatic rings. The number of rotatable bonds is 2. The first-order chi connectivity index (χ1) is 7.77. The van der Waals surface area contributed by atoms with Gasteiger partial charge in [0.25, 0.3) is 0 Å². The molecule has 84 valence electrons. The van der Waals surface area contributed by atoms with E-state index in [2.05, 4.69) is 24.3 Å². The molecule has 1 fully saturated rings. The Morgan fingerprint density at radius 2 is 2.12 bits per heavy atom. The van der Waals surface area contributed by atoms with Gasteiger partial charge in [-0.3, -0.25) is 4.79 Å². The van der Waals surface area contributed by atoms with Crippen molar-refractivity contribution in [3.8, 4) is 0 Å². The lowest BCUT2D eigenvalue weighted by Crippen LogP contribution is -2.32. The number of nitrogens with zero attached hydrogens (tertiary/aromatic N) is 1. The molecular formula is C14H17NO. The molecule has 0 radical (unpaired) electrons. The van der Waals surface area contributed by atoms with Gasteiger partial charge in [-0.25, -0.2) is 0 Å². The van der Waals surface area contributed by atoms with Gasteiger partial charge in [0.05, 0.1) is 6.04 Å². The van der Waals surface area contributed by atoms with E-state index in [1.54, 1.807) is 6.92 Å². The van der Waals surface area contributed by atoms with Gasteiger partial charge < -0.3 is 4.90 Å². The Hall–Kier alpha value is -1.57. The molecule has 1 saturated heterocycles. The molecule has 0 aromatic heterocycles. The number of hydrogen-bond acceptors (Lipinski definition) is 1. The fourth-order valence-electron chi connectivity index (χ4n) is 2.17. The Bertz CT molecular complexity index is 383. The third-order valence-corrected chi connectivity index (χ3v) is 3.01. The maximum Gasteiger partial charge on any atom is 0.219 e. The van der Waals surface area contributed by atoms with Gasteiger partial charge in [0, 0.05) is 13.5 Å². The van der Waals surface area contributed by atoms with Crippen LogP contribution in [0.5, 0.6) is 0 Å². The van der Waals surface area contributed by atoms with Crippen molar-refractivity contribution < 1.29 is 4.79 Å². The van der Waals surface area contributed by atoms with Crippen LogP contribution in [0.3, 0.4) is 0 Å². The van der Waals surface area contributed by atoms with Crippen molar-refractivity contribution in [1.82, 2.24) is 4.90 Å². The lowest BCUT2D eigenvalue weighted by atomic mass is 10.1. The van der Waals surface area contributed by atoms with Crippen LogP contribution in [0.2, 0.25) is 0 Å². The highest BCUT2D eigenvalue weighted by Gasteiger charge is 2.23. The van der Waals surface area contributed by atoms with E-state index in [9.17, 15) is 4.79 Å².